The number of benzene rings is 1. The van der Waals surface area contributed by atoms with E-state index in [1.807, 2.05) is 22.7 Å². The van der Waals surface area contributed by atoms with Crippen LogP contribution in [0.3, 0.4) is 0 Å². The van der Waals surface area contributed by atoms with Gasteiger partial charge in [0.1, 0.15) is 4.70 Å². The maximum atomic E-state index is 2.20. The van der Waals surface area contributed by atoms with Gasteiger partial charge in [0.25, 0.3) is 4.01 Å². The van der Waals surface area contributed by atoms with Crippen LogP contribution < -0.4 is 0 Å². The van der Waals surface area contributed by atoms with E-state index in [0.717, 1.165) is 0 Å². The monoisotopic (exact) mass is 203 g/mol. The van der Waals surface area contributed by atoms with E-state index in [0.29, 0.717) is 0 Å². The first-order chi connectivity index (χ1) is 6.45. The largest absolute Gasteiger partial charge is 0.285 e. The van der Waals surface area contributed by atoms with E-state index in [4.69, 9.17) is 0 Å². The summed E-state index contributed by atoms with van der Waals surface area (Å²) < 4.78 is 2.81. The second-order valence-electron chi connectivity index (χ2n) is 2.91. The van der Waals surface area contributed by atoms with Crippen LogP contribution in [-0.4, -0.2) is 0 Å². The SMILES string of the molecule is c1ccc2c(c1)sc1[s+]cccc12. The van der Waals surface area contributed by atoms with Crippen molar-refractivity contribution >= 4 is 42.2 Å². The van der Waals surface area contributed by atoms with Crippen molar-refractivity contribution in [1.82, 2.24) is 0 Å². The minimum atomic E-state index is 1.39. The van der Waals surface area contributed by atoms with Gasteiger partial charge in [-0.05, 0) is 18.2 Å². The van der Waals surface area contributed by atoms with Gasteiger partial charge in [-0.3, -0.25) is 0 Å². The van der Waals surface area contributed by atoms with Crippen LogP contribution in [0.4, 0.5) is 0 Å². The number of hydrogen-bond donors (Lipinski definition) is 0. The molecular formula is C11H7S2+. The molecule has 13 heavy (non-hydrogen) atoms. The average molecular weight is 203 g/mol. The highest BCUT2D eigenvalue weighted by atomic mass is 32.2. The highest BCUT2D eigenvalue weighted by Crippen LogP contribution is 2.35. The Hall–Kier alpha value is -0.990. The molecule has 0 saturated heterocycles. The lowest BCUT2D eigenvalue weighted by Gasteiger charge is -1.82. The number of hydrogen-bond acceptors (Lipinski definition) is 1. The highest BCUT2D eigenvalue weighted by molar-refractivity contribution is 7.40. The van der Waals surface area contributed by atoms with Gasteiger partial charge in [0.2, 0.25) is 0 Å². The molecule has 0 aliphatic rings. The molecule has 0 aliphatic carbocycles. The lowest BCUT2D eigenvalue weighted by molar-refractivity contribution is 1.86. The molecular weight excluding hydrogens is 196 g/mol. The first-order valence-electron chi connectivity index (χ1n) is 4.13. The summed E-state index contributed by atoms with van der Waals surface area (Å²) in [6.07, 6.45) is 0. The molecule has 62 valence electrons. The fourth-order valence-corrected chi connectivity index (χ4v) is 3.66. The summed E-state index contributed by atoms with van der Waals surface area (Å²) in [6, 6.07) is 12.9. The van der Waals surface area contributed by atoms with Crippen LogP contribution in [0.1, 0.15) is 0 Å². The predicted octanol–water partition coefficient (Wildman–Crippen LogP) is 4.40. The normalized spacial score (nSPS) is 11.1. The van der Waals surface area contributed by atoms with Crippen LogP contribution in [0.25, 0.3) is 19.5 Å². The van der Waals surface area contributed by atoms with Crippen molar-refractivity contribution in [3.05, 3.63) is 41.8 Å². The number of thiophene rings is 1. The minimum absolute atomic E-state index is 1.39. The second kappa shape index (κ2) is 2.76. The Bertz CT molecular complexity index is 516. The van der Waals surface area contributed by atoms with Gasteiger partial charge in [0, 0.05) is 5.39 Å². The molecule has 0 unspecified atom stereocenters. The van der Waals surface area contributed by atoms with Gasteiger partial charge in [-0.15, -0.1) is 0 Å². The van der Waals surface area contributed by atoms with Gasteiger partial charge in [-0.2, -0.15) is 0 Å². The second-order valence-corrected chi connectivity index (χ2v) is 5.14. The van der Waals surface area contributed by atoms with Crippen LogP contribution in [0, 0.1) is 0 Å². The van der Waals surface area contributed by atoms with Crippen molar-refractivity contribution in [2.75, 3.05) is 0 Å². The molecule has 3 rings (SSSR count). The van der Waals surface area contributed by atoms with Crippen molar-refractivity contribution in [2.45, 2.75) is 0 Å². The molecule has 3 aromatic rings. The topological polar surface area (TPSA) is 0 Å². The summed E-state index contributed by atoms with van der Waals surface area (Å²) >= 11 is 3.70. The van der Waals surface area contributed by atoms with Crippen LogP contribution in [0.15, 0.2) is 41.8 Å². The van der Waals surface area contributed by atoms with E-state index >= 15 is 0 Å². The van der Waals surface area contributed by atoms with E-state index < -0.39 is 0 Å². The molecule has 0 bridgehead atoms. The Morgan fingerprint density at radius 2 is 1.77 bits per heavy atom. The zero-order chi connectivity index (χ0) is 8.67. The maximum absolute atomic E-state index is 2.20. The van der Waals surface area contributed by atoms with Gasteiger partial charge in [0.15, 0.2) is 0 Å². The predicted molar refractivity (Wildman–Crippen MR) is 61.6 cm³/mol. The molecule has 2 heteroatoms. The van der Waals surface area contributed by atoms with Gasteiger partial charge < -0.3 is 0 Å². The Balaban J connectivity index is 2.64. The van der Waals surface area contributed by atoms with Crippen LogP contribution in [-0.2, 0) is 0 Å². The lowest BCUT2D eigenvalue weighted by Crippen LogP contribution is -1.61. The lowest BCUT2D eigenvalue weighted by atomic mass is 10.2. The zero-order valence-electron chi connectivity index (χ0n) is 6.86. The third kappa shape index (κ3) is 1.06. The van der Waals surface area contributed by atoms with Crippen molar-refractivity contribution in [3.8, 4) is 0 Å². The molecule has 0 saturated carbocycles. The molecule has 1 aromatic carbocycles. The number of rotatable bonds is 0. The van der Waals surface area contributed by atoms with Gasteiger partial charge in [-0.1, -0.05) is 18.2 Å². The molecule has 0 fully saturated rings. The van der Waals surface area contributed by atoms with Crippen molar-refractivity contribution in [3.63, 3.8) is 0 Å². The van der Waals surface area contributed by atoms with Gasteiger partial charge in [-0.25, -0.2) is 0 Å². The standard InChI is InChI=1S/C11H7S2/c1-2-6-10-8(4-1)9-5-3-7-12-11(9)13-10/h1-7H/q+1. The van der Waals surface area contributed by atoms with Crippen molar-refractivity contribution in [2.24, 2.45) is 0 Å². The Morgan fingerprint density at radius 1 is 0.923 bits per heavy atom. The Labute approximate surface area is 84.1 Å². The third-order valence-electron chi connectivity index (χ3n) is 2.12. The molecule has 0 radical (unpaired) electrons. The molecule has 0 N–H and O–H groups in total. The molecule has 0 amide bonds. The van der Waals surface area contributed by atoms with E-state index in [2.05, 4.69) is 41.8 Å². The van der Waals surface area contributed by atoms with E-state index in [9.17, 15) is 0 Å². The molecule has 0 aliphatic heterocycles. The van der Waals surface area contributed by atoms with Gasteiger partial charge in [0.05, 0.1) is 33.4 Å². The Kier molecular flexibility index (Phi) is 1.57. The smallest absolute Gasteiger partial charge is 0.0614 e. The van der Waals surface area contributed by atoms with Crippen LogP contribution in [0.2, 0.25) is 0 Å². The summed E-state index contributed by atoms with van der Waals surface area (Å²) in [5.74, 6) is 0. The van der Waals surface area contributed by atoms with E-state index in [1.165, 1.54) is 19.5 Å². The van der Waals surface area contributed by atoms with E-state index in [1.54, 1.807) is 0 Å². The quantitative estimate of drug-likeness (QED) is 0.475. The zero-order valence-corrected chi connectivity index (χ0v) is 8.49. The Morgan fingerprint density at radius 3 is 2.77 bits per heavy atom. The first-order valence-corrected chi connectivity index (χ1v) is 5.83. The fraction of sp³-hybridized carbons (Fsp3) is 0. The number of fused-ring (bicyclic) bond motifs is 3. The summed E-state index contributed by atoms with van der Waals surface area (Å²) in [6.45, 7) is 0. The average Bonchev–Trinajstić information content (AvgIpc) is 2.56. The van der Waals surface area contributed by atoms with E-state index in [-0.39, 0.29) is 0 Å². The van der Waals surface area contributed by atoms with Crippen molar-refractivity contribution in [1.29, 1.82) is 0 Å². The molecule has 0 nitrogen and oxygen atoms in total. The highest BCUT2D eigenvalue weighted by Gasteiger charge is 2.11. The van der Waals surface area contributed by atoms with Crippen molar-refractivity contribution < 1.29 is 0 Å². The van der Waals surface area contributed by atoms with Crippen LogP contribution >= 0.6 is 22.7 Å². The first kappa shape index (κ1) is 7.42. The molecule has 0 atom stereocenters. The summed E-state index contributed by atoms with van der Waals surface area (Å²) in [4.78, 5) is 0. The minimum Gasteiger partial charge on any atom is -0.0614 e. The molecule has 2 heterocycles. The summed E-state index contributed by atoms with van der Waals surface area (Å²) in [5.41, 5.74) is 0. The molecule has 0 spiro atoms. The van der Waals surface area contributed by atoms with Gasteiger partial charge >= 0.3 is 0 Å². The maximum Gasteiger partial charge on any atom is 0.285 e. The summed E-state index contributed by atoms with van der Waals surface area (Å²) in [7, 11) is 0. The summed E-state index contributed by atoms with van der Waals surface area (Å²) in [5, 5.41) is 4.92. The van der Waals surface area contributed by atoms with Crippen LogP contribution in [0.5, 0.6) is 0 Å². The fourth-order valence-electron chi connectivity index (χ4n) is 1.52. The third-order valence-corrected chi connectivity index (χ3v) is 4.36. The molecule has 2 aromatic heterocycles.